The molecule has 1 N–H and O–H groups in total. The smallest absolute Gasteiger partial charge is 0.262 e. The van der Waals surface area contributed by atoms with Crippen molar-refractivity contribution >= 4 is 22.8 Å². The summed E-state index contributed by atoms with van der Waals surface area (Å²) in [6.45, 7) is 6.10. The maximum Gasteiger partial charge on any atom is 0.262 e. The van der Waals surface area contributed by atoms with E-state index < -0.39 is 0 Å². The number of hydrogen-bond acceptors (Lipinski definition) is 6. The van der Waals surface area contributed by atoms with Crippen LogP contribution >= 0.6 is 0 Å². The summed E-state index contributed by atoms with van der Waals surface area (Å²) in [6.07, 6.45) is 1.15. The van der Waals surface area contributed by atoms with Crippen molar-refractivity contribution in [1.82, 2.24) is 15.0 Å². The van der Waals surface area contributed by atoms with E-state index in [9.17, 15) is 9.59 Å². The van der Waals surface area contributed by atoms with Gasteiger partial charge in [-0.2, -0.15) is 4.98 Å². The van der Waals surface area contributed by atoms with Crippen LogP contribution in [0.25, 0.3) is 33.4 Å². The number of aromatic amines is 1. The number of ketones is 1. The second-order valence-corrected chi connectivity index (χ2v) is 9.75. The average Bonchev–Trinajstić information content (AvgIpc) is 3.14. The fourth-order valence-electron chi connectivity index (χ4n) is 5.63. The van der Waals surface area contributed by atoms with Gasteiger partial charge in [-0.15, -0.1) is 0 Å². The standard InChI is InChI=1S/C28H26N4O3/c1-15-12-16(2)14-32(13-15)28-30-26-23(27(34)31-28)21(17-8-10-18(35-3)11-9-17)22-24(29-26)19-6-4-5-7-20(19)25(22)33/h4-11,15-16H,12-14H2,1-3H3,(H,29,30,31,34)/t15-,16-/m1/s1. The van der Waals surface area contributed by atoms with Crippen LogP contribution in [0.4, 0.5) is 5.95 Å². The number of fused-ring (bicyclic) bond motifs is 4. The number of pyridine rings is 1. The molecule has 0 spiro atoms. The fraction of sp³-hybridized carbons (Fsp3) is 0.286. The fourth-order valence-corrected chi connectivity index (χ4v) is 5.63. The van der Waals surface area contributed by atoms with Crippen molar-refractivity contribution < 1.29 is 9.53 Å². The molecule has 1 saturated heterocycles. The molecule has 0 unspecified atom stereocenters. The zero-order valence-electron chi connectivity index (χ0n) is 20.0. The molecule has 1 aliphatic carbocycles. The highest BCUT2D eigenvalue weighted by atomic mass is 16.5. The quantitative estimate of drug-likeness (QED) is 0.415. The topological polar surface area (TPSA) is 88.2 Å². The number of piperidine rings is 1. The number of methoxy groups -OCH3 is 1. The lowest BCUT2D eigenvalue weighted by atomic mass is 9.92. The highest BCUT2D eigenvalue weighted by molar-refractivity contribution is 6.26. The molecule has 1 aliphatic heterocycles. The first-order chi connectivity index (χ1) is 16.9. The van der Waals surface area contributed by atoms with Gasteiger partial charge in [0.25, 0.3) is 5.56 Å². The first-order valence-corrected chi connectivity index (χ1v) is 12.0. The molecule has 6 rings (SSSR count). The number of rotatable bonds is 3. The van der Waals surface area contributed by atoms with Gasteiger partial charge in [-0.25, -0.2) is 4.98 Å². The van der Waals surface area contributed by atoms with E-state index in [0.717, 1.165) is 30.6 Å². The minimum atomic E-state index is -0.291. The lowest BCUT2D eigenvalue weighted by molar-refractivity contribution is 0.104. The zero-order valence-corrected chi connectivity index (χ0v) is 20.0. The summed E-state index contributed by atoms with van der Waals surface area (Å²) in [7, 11) is 1.60. The second kappa shape index (κ2) is 8.05. The zero-order chi connectivity index (χ0) is 24.3. The highest BCUT2D eigenvalue weighted by Gasteiger charge is 2.34. The van der Waals surface area contributed by atoms with Gasteiger partial charge in [0.2, 0.25) is 5.95 Å². The van der Waals surface area contributed by atoms with Crippen LogP contribution < -0.4 is 15.2 Å². The number of benzene rings is 2. The van der Waals surface area contributed by atoms with Gasteiger partial charge >= 0.3 is 0 Å². The molecule has 7 nitrogen and oxygen atoms in total. The number of nitrogens with one attached hydrogen (secondary N) is 1. The molecule has 0 amide bonds. The molecule has 0 saturated carbocycles. The van der Waals surface area contributed by atoms with E-state index in [-0.39, 0.29) is 11.3 Å². The minimum Gasteiger partial charge on any atom is -0.497 e. The van der Waals surface area contributed by atoms with Crippen LogP contribution in [0.15, 0.2) is 53.3 Å². The summed E-state index contributed by atoms with van der Waals surface area (Å²) in [5, 5.41) is 0.330. The van der Waals surface area contributed by atoms with Crippen molar-refractivity contribution in [3.8, 4) is 28.1 Å². The van der Waals surface area contributed by atoms with Crippen molar-refractivity contribution in [2.45, 2.75) is 20.3 Å². The Labute approximate surface area is 202 Å². The largest absolute Gasteiger partial charge is 0.497 e. The Kier molecular flexibility index (Phi) is 4.95. The number of nitrogens with zero attached hydrogens (tertiary/aromatic N) is 3. The monoisotopic (exact) mass is 466 g/mol. The Hall–Kier alpha value is -4.00. The molecule has 2 aromatic heterocycles. The Balaban J connectivity index is 1.64. The molecule has 176 valence electrons. The molecular formula is C28H26N4O3. The van der Waals surface area contributed by atoms with Crippen molar-refractivity contribution in [3.63, 3.8) is 0 Å². The summed E-state index contributed by atoms with van der Waals surface area (Å²) < 4.78 is 5.32. The molecule has 1 fully saturated rings. The number of hydrogen-bond donors (Lipinski definition) is 1. The number of ether oxygens (including phenoxy) is 1. The number of carbonyl (C=O) groups is 1. The first-order valence-electron chi connectivity index (χ1n) is 12.0. The van der Waals surface area contributed by atoms with Crippen LogP contribution in [0.1, 0.15) is 36.2 Å². The molecule has 0 radical (unpaired) electrons. The Bertz CT molecular complexity index is 1530. The maximum absolute atomic E-state index is 13.6. The van der Waals surface area contributed by atoms with Gasteiger partial charge in [0.05, 0.1) is 23.8 Å². The van der Waals surface area contributed by atoms with Gasteiger partial charge in [0.1, 0.15) is 5.75 Å². The van der Waals surface area contributed by atoms with Crippen LogP contribution in [0.2, 0.25) is 0 Å². The van der Waals surface area contributed by atoms with Crippen molar-refractivity contribution in [2.75, 3.05) is 25.1 Å². The van der Waals surface area contributed by atoms with Crippen LogP contribution in [-0.2, 0) is 0 Å². The molecule has 2 aromatic carbocycles. The summed E-state index contributed by atoms with van der Waals surface area (Å²) in [4.78, 5) is 42.0. The third-order valence-corrected chi connectivity index (χ3v) is 7.04. The van der Waals surface area contributed by atoms with Gasteiger partial charge in [-0.1, -0.05) is 50.2 Å². The molecule has 7 heteroatoms. The Morgan fingerprint density at radius 1 is 0.914 bits per heavy atom. The molecule has 4 aromatic rings. The van der Waals surface area contributed by atoms with E-state index in [4.69, 9.17) is 14.7 Å². The lowest BCUT2D eigenvalue weighted by Crippen LogP contribution is -2.40. The Morgan fingerprint density at radius 2 is 1.60 bits per heavy atom. The maximum atomic E-state index is 13.6. The predicted octanol–water partition coefficient (Wildman–Crippen LogP) is 4.69. The summed E-state index contributed by atoms with van der Waals surface area (Å²) >= 11 is 0. The van der Waals surface area contributed by atoms with Gasteiger partial charge in [0.15, 0.2) is 11.4 Å². The van der Waals surface area contributed by atoms with E-state index >= 15 is 0 Å². The summed E-state index contributed by atoms with van der Waals surface area (Å²) in [6, 6.07) is 14.8. The molecule has 3 heterocycles. The molecule has 2 aliphatic rings. The van der Waals surface area contributed by atoms with Gasteiger partial charge in [-0.05, 0) is 36.0 Å². The lowest BCUT2D eigenvalue weighted by Gasteiger charge is -2.35. The van der Waals surface area contributed by atoms with Crippen LogP contribution in [-0.4, -0.2) is 40.9 Å². The SMILES string of the molecule is COc1ccc(-c2c3c(nc4nc(N5C[C@H](C)C[C@@H](C)C5)[nH]c(=O)c24)-c2ccccc2C3=O)cc1. The van der Waals surface area contributed by atoms with E-state index in [0.29, 0.717) is 57.0 Å². The average molecular weight is 467 g/mol. The third kappa shape index (κ3) is 3.41. The van der Waals surface area contributed by atoms with E-state index in [2.05, 4.69) is 23.7 Å². The van der Waals surface area contributed by atoms with Crippen LogP contribution in [0.3, 0.4) is 0 Å². The number of carbonyl (C=O) groups excluding carboxylic acids is 1. The van der Waals surface area contributed by atoms with Gasteiger partial charge in [0, 0.05) is 29.8 Å². The number of anilines is 1. The van der Waals surface area contributed by atoms with Crippen molar-refractivity contribution in [2.24, 2.45) is 11.8 Å². The molecular weight excluding hydrogens is 440 g/mol. The molecule has 2 atom stereocenters. The van der Waals surface area contributed by atoms with E-state index in [1.54, 1.807) is 13.2 Å². The second-order valence-electron chi connectivity index (χ2n) is 9.75. The van der Waals surface area contributed by atoms with Crippen LogP contribution in [0, 0.1) is 11.8 Å². The minimum absolute atomic E-state index is 0.127. The van der Waals surface area contributed by atoms with E-state index in [1.165, 1.54) is 0 Å². The normalized spacial score (nSPS) is 19.1. The highest BCUT2D eigenvalue weighted by Crippen LogP contribution is 2.43. The predicted molar refractivity (Wildman–Crippen MR) is 136 cm³/mol. The van der Waals surface area contributed by atoms with Crippen LogP contribution in [0.5, 0.6) is 5.75 Å². The number of aromatic nitrogens is 3. The molecule has 0 bridgehead atoms. The van der Waals surface area contributed by atoms with Crippen molar-refractivity contribution in [1.29, 1.82) is 0 Å². The van der Waals surface area contributed by atoms with Gasteiger partial charge in [-0.3, -0.25) is 14.6 Å². The first kappa shape index (κ1) is 21.5. The van der Waals surface area contributed by atoms with Gasteiger partial charge < -0.3 is 9.64 Å². The molecule has 35 heavy (non-hydrogen) atoms. The van der Waals surface area contributed by atoms with Crippen molar-refractivity contribution in [3.05, 3.63) is 70.0 Å². The number of H-pyrrole nitrogens is 1. The van der Waals surface area contributed by atoms with E-state index in [1.807, 2.05) is 42.5 Å². The third-order valence-electron chi connectivity index (χ3n) is 7.04. The summed E-state index contributed by atoms with van der Waals surface area (Å²) in [5.41, 5.74) is 3.76. The Morgan fingerprint density at radius 3 is 2.29 bits per heavy atom. The summed E-state index contributed by atoms with van der Waals surface area (Å²) in [5.74, 6) is 2.12.